The van der Waals surface area contributed by atoms with E-state index in [-0.39, 0.29) is 19.1 Å². The maximum Gasteiger partial charge on any atom is 0.261 e. The topological polar surface area (TPSA) is 86.9 Å². The predicted molar refractivity (Wildman–Crippen MR) is 123 cm³/mol. The number of carbonyl (C=O) groups is 1. The predicted octanol–water partition coefficient (Wildman–Crippen LogP) is 3.95. The van der Waals surface area contributed by atoms with Crippen LogP contribution in [0.25, 0.3) is 11.4 Å². The molecule has 0 atom stereocenters. The fraction of sp³-hybridized carbons (Fsp3) is 0.227. The molecule has 0 unspecified atom stereocenters. The summed E-state index contributed by atoms with van der Waals surface area (Å²) in [6.07, 6.45) is 1.63. The molecular formula is C22H22IN3O5. The number of amides is 1. The Morgan fingerprint density at radius 2 is 1.90 bits per heavy atom. The SMILES string of the molecule is C=CCN(Cc1nc(-c2ccc(OC)c(OC)c2)no1)C(=O)COc1ccc(I)cc1. The molecule has 2 aromatic carbocycles. The van der Waals surface area contributed by atoms with Crippen molar-refractivity contribution in [3.8, 4) is 28.6 Å². The van der Waals surface area contributed by atoms with Gasteiger partial charge < -0.3 is 23.6 Å². The van der Waals surface area contributed by atoms with Gasteiger partial charge in [-0.05, 0) is 65.1 Å². The van der Waals surface area contributed by atoms with E-state index in [1.54, 1.807) is 38.5 Å². The zero-order chi connectivity index (χ0) is 22.2. The number of hydrogen-bond donors (Lipinski definition) is 0. The number of nitrogens with zero attached hydrogens (tertiary/aromatic N) is 3. The fourth-order valence-electron chi connectivity index (χ4n) is 2.75. The van der Waals surface area contributed by atoms with E-state index in [2.05, 4.69) is 39.3 Å². The first-order valence-corrected chi connectivity index (χ1v) is 10.4. The first-order valence-electron chi connectivity index (χ1n) is 9.36. The molecule has 31 heavy (non-hydrogen) atoms. The van der Waals surface area contributed by atoms with Gasteiger partial charge in [0.05, 0.1) is 14.2 Å². The average molecular weight is 535 g/mol. The van der Waals surface area contributed by atoms with Crippen molar-refractivity contribution in [2.75, 3.05) is 27.4 Å². The van der Waals surface area contributed by atoms with Crippen LogP contribution in [0.3, 0.4) is 0 Å². The van der Waals surface area contributed by atoms with Gasteiger partial charge in [0.1, 0.15) is 12.3 Å². The maximum atomic E-state index is 12.6. The molecule has 0 N–H and O–H groups in total. The fourth-order valence-corrected chi connectivity index (χ4v) is 3.11. The van der Waals surface area contributed by atoms with Gasteiger partial charge in [-0.25, -0.2) is 0 Å². The number of rotatable bonds is 10. The number of halogens is 1. The second-order valence-electron chi connectivity index (χ2n) is 6.39. The summed E-state index contributed by atoms with van der Waals surface area (Å²) in [5, 5.41) is 4.01. The van der Waals surface area contributed by atoms with Crippen molar-refractivity contribution in [1.29, 1.82) is 0 Å². The summed E-state index contributed by atoms with van der Waals surface area (Å²) in [6, 6.07) is 12.8. The molecule has 1 amide bonds. The molecule has 1 aromatic heterocycles. The lowest BCUT2D eigenvalue weighted by Gasteiger charge is -2.19. The van der Waals surface area contributed by atoms with Crippen molar-refractivity contribution in [2.24, 2.45) is 0 Å². The van der Waals surface area contributed by atoms with Gasteiger partial charge in [-0.3, -0.25) is 4.79 Å². The van der Waals surface area contributed by atoms with Crippen LogP contribution in [0.2, 0.25) is 0 Å². The van der Waals surface area contributed by atoms with E-state index in [1.165, 1.54) is 4.90 Å². The molecule has 9 heteroatoms. The van der Waals surface area contributed by atoms with E-state index in [9.17, 15) is 4.79 Å². The van der Waals surface area contributed by atoms with Crippen LogP contribution in [0.1, 0.15) is 5.89 Å². The molecule has 0 aliphatic heterocycles. The highest BCUT2D eigenvalue weighted by Gasteiger charge is 2.18. The smallest absolute Gasteiger partial charge is 0.261 e. The summed E-state index contributed by atoms with van der Waals surface area (Å²) in [5.74, 6) is 2.25. The second kappa shape index (κ2) is 10.8. The van der Waals surface area contributed by atoms with Crippen LogP contribution in [0.4, 0.5) is 0 Å². The van der Waals surface area contributed by atoms with Gasteiger partial charge in [-0.2, -0.15) is 4.98 Å². The van der Waals surface area contributed by atoms with Gasteiger partial charge in [0.15, 0.2) is 18.1 Å². The molecular weight excluding hydrogens is 513 g/mol. The molecule has 0 radical (unpaired) electrons. The zero-order valence-electron chi connectivity index (χ0n) is 17.2. The highest BCUT2D eigenvalue weighted by atomic mass is 127. The third-order valence-electron chi connectivity index (χ3n) is 4.31. The number of hydrogen-bond acceptors (Lipinski definition) is 7. The minimum Gasteiger partial charge on any atom is -0.493 e. The summed E-state index contributed by atoms with van der Waals surface area (Å²) >= 11 is 2.21. The van der Waals surface area contributed by atoms with E-state index in [0.29, 0.717) is 41.1 Å². The van der Waals surface area contributed by atoms with Crippen molar-refractivity contribution in [1.82, 2.24) is 15.0 Å². The van der Waals surface area contributed by atoms with Gasteiger partial charge in [0.2, 0.25) is 11.7 Å². The quantitative estimate of drug-likeness (QED) is 0.287. The molecule has 0 spiro atoms. The van der Waals surface area contributed by atoms with E-state index in [0.717, 1.165) is 3.57 Å². The summed E-state index contributed by atoms with van der Waals surface area (Å²) in [6.45, 7) is 4.07. The molecule has 0 saturated heterocycles. The van der Waals surface area contributed by atoms with E-state index in [1.807, 2.05) is 24.3 Å². The molecule has 0 aliphatic carbocycles. The van der Waals surface area contributed by atoms with Gasteiger partial charge >= 0.3 is 0 Å². The lowest BCUT2D eigenvalue weighted by molar-refractivity contribution is -0.133. The number of ether oxygens (including phenoxy) is 3. The largest absolute Gasteiger partial charge is 0.493 e. The van der Waals surface area contributed by atoms with E-state index >= 15 is 0 Å². The molecule has 0 bridgehead atoms. The Balaban J connectivity index is 1.67. The van der Waals surface area contributed by atoms with Crippen molar-refractivity contribution in [2.45, 2.75) is 6.54 Å². The van der Waals surface area contributed by atoms with Crippen molar-refractivity contribution < 1.29 is 23.5 Å². The maximum absolute atomic E-state index is 12.6. The third kappa shape index (κ3) is 5.97. The van der Waals surface area contributed by atoms with Crippen molar-refractivity contribution in [3.63, 3.8) is 0 Å². The highest BCUT2D eigenvalue weighted by molar-refractivity contribution is 14.1. The molecule has 1 heterocycles. The Hall–Kier alpha value is -3.08. The average Bonchev–Trinajstić information content (AvgIpc) is 3.26. The molecule has 0 fully saturated rings. The number of carbonyl (C=O) groups excluding carboxylic acids is 1. The second-order valence-corrected chi connectivity index (χ2v) is 7.63. The van der Waals surface area contributed by atoms with Crippen LogP contribution in [0.15, 0.2) is 59.6 Å². The van der Waals surface area contributed by atoms with Crippen molar-refractivity contribution >= 4 is 28.5 Å². The number of methoxy groups -OCH3 is 2. The minimum absolute atomic E-state index is 0.106. The van der Waals surface area contributed by atoms with Crippen LogP contribution >= 0.6 is 22.6 Å². The van der Waals surface area contributed by atoms with Gasteiger partial charge in [-0.15, -0.1) is 6.58 Å². The standard InChI is InChI=1S/C22H22IN3O5/c1-4-11-26(21(27)14-30-17-8-6-16(23)7-9-17)13-20-24-22(25-31-20)15-5-10-18(28-2)19(12-15)29-3/h4-10,12H,1,11,13-14H2,2-3H3. The summed E-state index contributed by atoms with van der Waals surface area (Å²) in [4.78, 5) is 18.6. The third-order valence-corrected chi connectivity index (χ3v) is 5.03. The number of benzene rings is 2. The van der Waals surface area contributed by atoms with Crippen LogP contribution in [-0.2, 0) is 11.3 Å². The summed E-state index contributed by atoms with van der Waals surface area (Å²) in [5.41, 5.74) is 0.705. The molecule has 8 nitrogen and oxygen atoms in total. The normalized spacial score (nSPS) is 10.4. The Labute approximate surface area is 193 Å². The Kier molecular flexibility index (Phi) is 7.88. The lowest BCUT2D eigenvalue weighted by Crippen LogP contribution is -2.34. The molecule has 3 rings (SSSR count). The number of aromatic nitrogens is 2. The molecule has 3 aromatic rings. The van der Waals surface area contributed by atoms with Crippen LogP contribution in [-0.4, -0.2) is 48.3 Å². The van der Waals surface area contributed by atoms with E-state index < -0.39 is 0 Å². The first kappa shape index (κ1) is 22.6. The van der Waals surface area contributed by atoms with Crippen LogP contribution in [0.5, 0.6) is 17.2 Å². The Morgan fingerprint density at radius 1 is 1.16 bits per heavy atom. The zero-order valence-corrected chi connectivity index (χ0v) is 19.4. The van der Waals surface area contributed by atoms with Gasteiger partial charge in [-0.1, -0.05) is 11.2 Å². The molecule has 0 saturated carbocycles. The Bertz CT molecular complexity index is 1040. The Morgan fingerprint density at radius 3 is 2.58 bits per heavy atom. The summed E-state index contributed by atoms with van der Waals surface area (Å²) in [7, 11) is 3.12. The highest BCUT2D eigenvalue weighted by Crippen LogP contribution is 2.31. The first-order chi connectivity index (χ1) is 15.0. The van der Waals surface area contributed by atoms with Gasteiger partial charge in [0, 0.05) is 15.7 Å². The minimum atomic E-state index is -0.218. The molecule has 0 aliphatic rings. The monoisotopic (exact) mass is 535 g/mol. The molecule has 162 valence electrons. The van der Waals surface area contributed by atoms with Crippen LogP contribution in [0, 0.1) is 3.57 Å². The van der Waals surface area contributed by atoms with E-state index in [4.69, 9.17) is 18.7 Å². The lowest BCUT2D eigenvalue weighted by atomic mass is 10.2. The summed E-state index contributed by atoms with van der Waals surface area (Å²) < 4.78 is 22.6. The van der Waals surface area contributed by atoms with Crippen LogP contribution < -0.4 is 14.2 Å². The van der Waals surface area contributed by atoms with Gasteiger partial charge in [0.25, 0.3) is 5.91 Å². The van der Waals surface area contributed by atoms with Crippen molar-refractivity contribution in [3.05, 3.63) is 64.6 Å².